The van der Waals surface area contributed by atoms with Crippen molar-refractivity contribution in [2.45, 2.75) is 10.2 Å². The molecule has 0 aliphatic carbocycles. The van der Waals surface area contributed by atoms with Crippen molar-refractivity contribution in [3.63, 3.8) is 0 Å². The summed E-state index contributed by atoms with van der Waals surface area (Å²) in [5, 5.41) is 26.3. The molecule has 11 nitrogen and oxygen atoms in total. The lowest BCUT2D eigenvalue weighted by molar-refractivity contribution is -0.388. The van der Waals surface area contributed by atoms with Gasteiger partial charge in [-0.2, -0.15) is 4.68 Å². The molecule has 3 rings (SSSR count). The van der Waals surface area contributed by atoms with Crippen LogP contribution in [0.4, 0.5) is 11.4 Å². The SMILES string of the molecule is O=[N+]([O-])c1cccnc1Sc1ncn(-c2ncccc2[N+](=O)[O-])n1. The molecule has 0 N–H and O–H groups in total. The molecule has 3 aromatic heterocycles. The van der Waals surface area contributed by atoms with Crippen LogP contribution in [0.5, 0.6) is 0 Å². The van der Waals surface area contributed by atoms with Crippen LogP contribution in [0.2, 0.25) is 0 Å². The number of aromatic nitrogens is 5. The second-order valence-corrected chi connectivity index (χ2v) is 5.22. The van der Waals surface area contributed by atoms with Crippen molar-refractivity contribution in [1.29, 1.82) is 0 Å². The zero-order valence-electron chi connectivity index (χ0n) is 11.7. The Labute approximate surface area is 137 Å². The summed E-state index contributed by atoms with van der Waals surface area (Å²) in [7, 11) is 0. The molecule has 0 atom stereocenters. The van der Waals surface area contributed by atoms with Crippen LogP contribution < -0.4 is 0 Å². The van der Waals surface area contributed by atoms with Crippen molar-refractivity contribution in [2.75, 3.05) is 0 Å². The van der Waals surface area contributed by atoms with E-state index in [0.717, 1.165) is 16.4 Å². The average molecular weight is 345 g/mol. The van der Waals surface area contributed by atoms with Crippen molar-refractivity contribution >= 4 is 23.1 Å². The molecule has 120 valence electrons. The van der Waals surface area contributed by atoms with Gasteiger partial charge in [-0.1, -0.05) is 0 Å². The summed E-state index contributed by atoms with van der Waals surface area (Å²) in [5.41, 5.74) is -0.412. The molecule has 3 heterocycles. The second kappa shape index (κ2) is 6.37. The summed E-state index contributed by atoms with van der Waals surface area (Å²) in [6.07, 6.45) is 4.04. The lowest BCUT2D eigenvalue weighted by atomic mass is 10.4. The third-order valence-corrected chi connectivity index (χ3v) is 3.66. The fourth-order valence-corrected chi connectivity index (χ4v) is 2.55. The Morgan fingerprint density at radius 2 is 1.62 bits per heavy atom. The van der Waals surface area contributed by atoms with Crippen LogP contribution >= 0.6 is 11.8 Å². The topological polar surface area (TPSA) is 143 Å². The molecule has 0 saturated carbocycles. The maximum absolute atomic E-state index is 11.0. The van der Waals surface area contributed by atoms with Gasteiger partial charge in [0, 0.05) is 24.5 Å². The number of nitrogens with zero attached hydrogens (tertiary/aromatic N) is 7. The summed E-state index contributed by atoms with van der Waals surface area (Å²) in [6.45, 7) is 0. The van der Waals surface area contributed by atoms with Gasteiger partial charge in [-0.25, -0.2) is 15.0 Å². The highest BCUT2D eigenvalue weighted by molar-refractivity contribution is 7.99. The normalized spacial score (nSPS) is 10.5. The van der Waals surface area contributed by atoms with Gasteiger partial charge in [-0.3, -0.25) is 20.2 Å². The first kappa shape index (κ1) is 15.5. The van der Waals surface area contributed by atoms with Crippen molar-refractivity contribution in [3.05, 3.63) is 63.2 Å². The van der Waals surface area contributed by atoms with Crippen LogP contribution in [0.3, 0.4) is 0 Å². The first-order chi connectivity index (χ1) is 11.6. The molecule has 0 bridgehead atoms. The molecule has 0 radical (unpaired) electrons. The molecule has 0 aliphatic rings. The smallest absolute Gasteiger partial charge is 0.258 e. The molecular weight excluding hydrogens is 338 g/mol. The van der Waals surface area contributed by atoms with E-state index in [1.165, 1.54) is 43.0 Å². The van der Waals surface area contributed by atoms with Gasteiger partial charge in [0.05, 0.1) is 9.85 Å². The number of rotatable bonds is 5. The van der Waals surface area contributed by atoms with Crippen molar-refractivity contribution < 1.29 is 9.85 Å². The monoisotopic (exact) mass is 345 g/mol. The van der Waals surface area contributed by atoms with E-state index in [1.54, 1.807) is 0 Å². The summed E-state index contributed by atoms with van der Waals surface area (Å²) < 4.78 is 1.13. The Balaban J connectivity index is 1.93. The lowest BCUT2D eigenvalue weighted by Gasteiger charge is -2.00. The Hall–Kier alpha value is -3.41. The van der Waals surface area contributed by atoms with E-state index in [2.05, 4.69) is 20.1 Å². The van der Waals surface area contributed by atoms with Gasteiger partial charge in [0.15, 0.2) is 5.03 Å². The Kier molecular flexibility index (Phi) is 4.11. The molecule has 0 amide bonds. The number of nitro groups is 2. The highest BCUT2D eigenvalue weighted by atomic mass is 32.2. The quantitative estimate of drug-likeness (QED) is 0.501. The van der Waals surface area contributed by atoms with E-state index in [0.29, 0.717) is 0 Å². The van der Waals surface area contributed by atoms with Crippen LogP contribution in [0.1, 0.15) is 0 Å². The third kappa shape index (κ3) is 3.03. The summed E-state index contributed by atoms with van der Waals surface area (Å²) in [6, 6.07) is 5.49. The van der Waals surface area contributed by atoms with Gasteiger partial charge < -0.3 is 0 Å². The molecule has 0 unspecified atom stereocenters. The molecule has 0 saturated heterocycles. The maximum Gasteiger partial charge on any atom is 0.313 e. The van der Waals surface area contributed by atoms with Crippen molar-refractivity contribution in [1.82, 2.24) is 24.7 Å². The maximum atomic E-state index is 11.0. The van der Waals surface area contributed by atoms with E-state index in [1.807, 2.05) is 0 Å². The molecular formula is C12H7N7O4S. The predicted octanol–water partition coefficient (Wildman–Crippen LogP) is 2.02. The Morgan fingerprint density at radius 3 is 2.33 bits per heavy atom. The van der Waals surface area contributed by atoms with Gasteiger partial charge in [0.25, 0.3) is 0 Å². The number of pyridine rings is 2. The Bertz CT molecular complexity index is 929. The summed E-state index contributed by atoms with van der Waals surface area (Å²) in [4.78, 5) is 32.7. The fourth-order valence-electron chi connectivity index (χ4n) is 1.79. The minimum absolute atomic E-state index is 0.00243. The molecule has 0 fully saturated rings. The fraction of sp³-hybridized carbons (Fsp3) is 0. The van der Waals surface area contributed by atoms with Gasteiger partial charge in [-0.15, -0.1) is 5.10 Å². The first-order valence-corrected chi connectivity index (χ1v) is 7.16. The number of hydrogen-bond acceptors (Lipinski definition) is 9. The number of hydrogen-bond donors (Lipinski definition) is 0. The van der Waals surface area contributed by atoms with Gasteiger partial charge in [0.1, 0.15) is 6.33 Å². The van der Waals surface area contributed by atoms with E-state index >= 15 is 0 Å². The minimum atomic E-state index is -0.583. The Morgan fingerprint density at radius 1 is 0.958 bits per heavy atom. The van der Waals surface area contributed by atoms with E-state index in [9.17, 15) is 20.2 Å². The molecule has 0 aromatic carbocycles. The highest BCUT2D eigenvalue weighted by Gasteiger charge is 2.20. The van der Waals surface area contributed by atoms with Crippen LogP contribution in [-0.2, 0) is 0 Å². The molecule has 0 aliphatic heterocycles. The van der Waals surface area contributed by atoms with Crippen LogP contribution in [-0.4, -0.2) is 34.6 Å². The van der Waals surface area contributed by atoms with Gasteiger partial charge in [-0.05, 0) is 23.9 Å². The van der Waals surface area contributed by atoms with E-state index in [4.69, 9.17) is 0 Å². The molecule has 3 aromatic rings. The van der Waals surface area contributed by atoms with Crippen LogP contribution in [0.15, 0.2) is 53.2 Å². The van der Waals surface area contributed by atoms with E-state index < -0.39 is 9.85 Å². The summed E-state index contributed by atoms with van der Waals surface area (Å²) in [5.74, 6) is -0.00243. The average Bonchev–Trinajstić information content (AvgIpc) is 3.03. The van der Waals surface area contributed by atoms with Crippen LogP contribution in [0, 0.1) is 20.2 Å². The van der Waals surface area contributed by atoms with E-state index in [-0.39, 0.29) is 27.4 Å². The standard InChI is InChI=1S/C12H7N7O4S/c20-18(21)8-3-1-5-13-10(8)17-7-15-12(16-17)24-11-9(19(22)23)4-2-6-14-11/h1-7H. The minimum Gasteiger partial charge on any atom is -0.258 e. The zero-order valence-corrected chi connectivity index (χ0v) is 12.5. The zero-order chi connectivity index (χ0) is 17.1. The van der Waals surface area contributed by atoms with Crippen molar-refractivity contribution in [3.8, 4) is 5.82 Å². The highest BCUT2D eigenvalue weighted by Crippen LogP contribution is 2.30. The van der Waals surface area contributed by atoms with Gasteiger partial charge in [0.2, 0.25) is 11.0 Å². The van der Waals surface area contributed by atoms with Gasteiger partial charge >= 0.3 is 11.4 Å². The molecule has 24 heavy (non-hydrogen) atoms. The molecule has 0 spiro atoms. The lowest BCUT2D eigenvalue weighted by Crippen LogP contribution is -2.03. The summed E-state index contributed by atoms with van der Waals surface area (Å²) >= 11 is 0.879. The van der Waals surface area contributed by atoms with Crippen molar-refractivity contribution in [2.24, 2.45) is 0 Å². The molecule has 12 heteroatoms. The largest absolute Gasteiger partial charge is 0.313 e. The first-order valence-electron chi connectivity index (χ1n) is 6.35. The predicted molar refractivity (Wildman–Crippen MR) is 80.8 cm³/mol. The second-order valence-electron chi connectivity index (χ2n) is 4.26. The van der Waals surface area contributed by atoms with Crippen LogP contribution in [0.25, 0.3) is 5.82 Å². The third-order valence-electron chi connectivity index (χ3n) is 2.79.